The topological polar surface area (TPSA) is 72.2 Å². The molecule has 0 fully saturated rings. The largest absolute Gasteiger partial charge is 0.336 e. The predicted molar refractivity (Wildman–Crippen MR) is 70.8 cm³/mol. The number of nitrogens with zero attached hydrogens (tertiary/aromatic N) is 1. The number of hydrogen-bond donors (Lipinski definition) is 1. The molecule has 96 valence electrons. The summed E-state index contributed by atoms with van der Waals surface area (Å²) in [6.07, 6.45) is 0.650. The van der Waals surface area contributed by atoms with Crippen molar-refractivity contribution in [3.63, 3.8) is 0 Å². The lowest BCUT2D eigenvalue weighted by Gasteiger charge is -2.04. The quantitative estimate of drug-likeness (QED) is 0.935. The van der Waals surface area contributed by atoms with Crippen molar-refractivity contribution in [3.05, 3.63) is 40.5 Å². The Bertz CT molecular complexity index is 638. The molecule has 0 saturated heterocycles. The number of sulfonamides is 1. The maximum absolute atomic E-state index is 12.0. The number of anilines is 1. The molecule has 18 heavy (non-hydrogen) atoms. The fraction of sp³-hybridized carbons (Fsp3) is 0.182. The van der Waals surface area contributed by atoms with Crippen LogP contribution < -0.4 is 4.72 Å². The van der Waals surface area contributed by atoms with E-state index in [0.717, 1.165) is 0 Å². The van der Waals surface area contributed by atoms with Crippen LogP contribution in [0.15, 0.2) is 44.2 Å². The third kappa shape index (κ3) is 2.56. The lowest BCUT2D eigenvalue weighted by Crippen LogP contribution is -2.12. The van der Waals surface area contributed by atoms with Gasteiger partial charge in [0.05, 0.1) is 10.6 Å². The molecule has 2 rings (SSSR count). The molecule has 7 heteroatoms. The average Bonchev–Trinajstić information content (AvgIpc) is 2.71. The molecule has 2 aromatic rings. The van der Waals surface area contributed by atoms with Crippen molar-refractivity contribution in [1.29, 1.82) is 0 Å². The summed E-state index contributed by atoms with van der Waals surface area (Å²) < 4.78 is 31.9. The van der Waals surface area contributed by atoms with E-state index in [0.29, 0.717) is 16.6 Å². The number of benzene rings is 1. The molecule has 5 nitrogen and oxygen atoms in total. The maximum Gasteiger partial charge on any atom is 0.264 e. The van der Waals surface area contributed by atoms with Crippen LogP contribution in [0.1, 0.15) is 12.6 Å². The highest BCUT2D eigenvalue weighted by molar-refractivity contribution is 9.10. The first-order chi connectivity index (χ1) is 8.54. The molecule has 0 radical (unpaired) electrons. The second-order valence-corrected chi connectivity index (χ2v) is 6.02. The number of halogens is 1. The van der Waals surface area contributed by atoms with Crippen molar-refractivity contribution in [3.8, 4) is 0 Å². The summed E-state index contributed by atoms with van der Waals surface area (Å²) in [4.78, 5) is 0.173. The molecule has 0 unspecified atom stereocenters. The lowest BCUT2D eigenvalue weighted by atomic mass is 10.3. The SMILES string of the molecule is CCc1noc(NS(=O)(=O)c2ccccc2)c1Br. The number of aromatic nitrogens is 1. The van der Waals surface area contributed by atoms with Crippen molar-refractivity contribution in [2.75, 3.05) is 4.72 Å². The van der Waals surface area contributed by atoms with E-state index in [1.807, 2.05) is 6.92 Å². The third-order valence-electron chi connectivity index (χ3n) is 2.32. The fourth-order valence-corrected chi connectivity index (χ4v) is 3.05. The first-order valence-corrected chi connectivity index (χ1v) is 7.54. The van der Waals surface area contributed by atoms with E-state index in [9.17, 15) is 8.42 Å². The van der Waals surface area contributed by atoms with Crippen LogP contribution in [0.3, 0.4) is 0 Å². The van der Waals surface area contributed by atoms with Crippen molar-refractivity contribution in [2.45, 2.75) is 18.2 Å². The van der Waals surface area contributed by atoms with E-state index >= 15 is 0 Å². The second-order valence-electron chi connectivity index (χ2n) is 3.54. The van der Waals surface area contributed by atoms with Gasteiger partial charge in [-0.05, 0) is 34.5 Å². The molecule has 0 atom stereocenters. The Morgan fingerprint density at radius 1 is 1.33 bits per heavy atom. The Labute approximate surface area is 113 Å². The zero-order valence-electron chi connectivity index (χ0n) is 9.55. The standard InChI is InChI=1S/C11H11BrN2O3S/c1-2-9-10(12)11(17-13-9)14-18(15,16)8-6-4-3-5-7-8/h3-7,14H,2H2,1H3. The highest BCUT2D eigenvalue weighted by Crippen LogP contribution is 2.28. The predicted octanol–water partition coefficient (Wildman–Crippen LogP) is 2.80. The minimum absolute atomic E-state index is 0.0932. The molecule has 1 heterocycles. The number of nitrogens with one attached hydrogen (secondary N) is 1. The van der Waals surface area contributed by atoms with E-state index in [1.54, 1.807) is 18.2 Å². The molecule has 1 aromatic heterocycles. The van der Waals surface area contributed by atoms with Gasteiger partial charge in [-0.25, -0.2) is 13.1 Å². The third-order valence-corrected chi connectivity index (χ3v) is 4.48. The van der Waals surface area contributed by atoms with E-state index < -0.39 is 10.0 Å². The Kier molecular flexibility index (Phi) is 3.72. The normalized spacial score (nSPS) is 11.4. The van der Waals surface area contributed by atoms with Crippen LogP contribution in [0.4, 0.5) is 5.88 Å². The number of aryl methyl sites for hydroxylation is 1. The molecule has 0 spiro atoms. The Morgan fingerprint density at radius 2 is 2.00 bits per heavy atom. The molecular formula is C11H11BrN2O3S. The monoisotopic (exact) mass is 330 g/mol. The van der Waals surface area contributed by atoms with E-state index in [1.165, 1.54) is 12.1 Å². The fourth-order valence-electron chi connectivity index (χ4n) is 1.38. The van der Waals surface area contributed by atoms with Crippen LogP contribution in [0, 0.1) is 0 Å². The van der Waals surface area contributed by atoms with Gasteiger partial charge in [0.25, 0.3) is 15.9 Å². The summed E-state index contributed by atoms with van der Waals surface area (Å²) in [5.74, 6) is 0.0932. The smallest absolute Gasteiger partial charge is 0.264 e. The zero-order valence-corrected chi connectivity index (χ0v) is 12.0. The summed E-state index contributed by atoms with van der Waals surface area (Å²) in [7, 11) is -3.64. The van der Waals surface area contributed by atoms with Gasteiger partial charge in [0.15, 0.2) is 0 Å². The van der Waals surface area contributed by atoms with Gasteiger partial charge in [-0.3, -0.25) is 0 Å². The summed E-state index contributed by atoms with van der Waals surface area (Å²) in [5, 5.41) is 3.76. The zero-order chi connectivity index (χ0) is 13.2. The van der Waals surface area contributed by atoms with Gasteiger partial charge >= 0.3 is 0 Å². The lowest BCUT2D eigenvalue weighted by molar-refractivity contribution is 0.427. The van der Waals surface area contributed by atoms with Crippen LogP contribution in [0.2, 0.25) is 0 Å². The minimum atomic E-state index is -3.64. The summed E-state index contributed by atoms with van der Waals surface area (Å²) >= 11 is 3.25. The summed E-state index contributed by atoms with van der Waals surface area (Å²) in [5.41, 5.74) is 0.667. The molecule has 0 aliphatic heterocycles. The molecule has 0 aliphatic rings. The van der Waals surface area contributed by atoms with Gasteiger partial charge in [0, 0.05) is 0 Å². The first kappa shape index (κ1) is 13.1. The summed E-state index contributed by atoms with van der Waals surface area (Å²) in [6, 6.07) is 8.07. The van der Waals surface area contributed by atoms with Crippen LogP contribution >= 0.6 is 15.9 Å². The van der Waals surface area contributed by atoms with Crippen LogP contribution in [0.25, 0.3) is 0 Å². The second kappa shape index (κ2) is 5.11. The van der Waals surface area contributed by atoms with E-state index in [4.69, 9.17) is 4.52 Å². The van der Waals surface area contributed by atoms with Crippen LogP contribution in [0.5, 0.6) is 0 Å². The molecule has 0 bridgehead atoms. The highest BCUT2D eigenvalue weighted by atomic mass is 79.9. The average molecular weight is 331 g/mol. The highest BCUT2D eigenvalue weighted by Gasteiger charge is 2.20. The Morgan fingerprint density at radius 3 is 2.56 bits per heavy atom. The van der Waals surface area contributed by atoms with Gasteiger partial charge in [-0.15, -0.1) is 0 Å². The van der Waals surface area contributed by atoms with E-state index in [-0.39, 0.29) is 10.8 Å². The van der Waals surface area contributed by atoms with Crippen LogP contribution in [-0.4, -0.2) is 13.6 Å². The minimum Gasteiger partial charge on any atom is -0.336 e. The molecule has 1 N–H and O–H groups in total. The van der Waals surface area contributed by atoms with Gasteiger partial charge in [-0.2, -0.15) is 0 Å². The van der Waals surface area contributed by atoms with Gasteiger partial charge in [0.2, 0.25) is 0 Å². The molecule has 0 amide bonds. The Balaban J connectivity index is 2.31. The van der Waals surface area contributed by atoms with Crippen molar-refractivity contribution >= 4 is 31.8 Å². The maximum atomic E-state index is 12.0. The van der Waals surface area contributed by atoms with Gasteiger partial charge in [0.1, 0.15) is 4.47 Å². The number of hydrogen-bond acceptors (Lipinski definition) is 4. The molecule has 0 aliphatic carbocycles. The van der Waals surface area contributed by atoms with Crippen molar-refractivity contribution in [2.24, 2.45) is 0 Å². The van der Waals surface area contributed by atoms with Gasteiger partial charge in [-0.1, -0.05) is 30.3 Å². The Hall–Kier alpha value is -1.34. The van der Waals surface area contributed by atoms with Crippen molar-refractivity contribution < 1.29 is 12.9 Å². The first-order valence-electron chi connectivity index (χ1n) is 5.26. The summed E-state index contributed by atoms with van der Waals surface area (Å²) in [6.45, 7) is 1.90. The van der Waals surface area contributed by atoms with E-state index in [2.05, 4.69) is 25.8 Å². The molecule has 1 aromatic carbocycles. The van der Waals surface area contributed by atoms with Crippen molar-refractivity contribution in [1.82, 2.24) is 5.16 Å². The van der Waals surface area contributed by atoms with Gasteiger partial charge < -0.3 is 4.52 Å². The molecule has 0 saturated carbocycles. The van der Waals surface area contributed by atoms with Crippen LogP contribution in [-0.2, 0) is 16.4 Å². The number of rotatable bonds is 4. The molecular weight excluding hydrogens is 320 g/mol.